The van der Waals surface area contributed by atoms with E-state index in [0.29, 0.717) is 11.8 Å². The van der Waals surface area contributed by atoms with Gasteiger partial charge in [-0.05, 0) is 127 Å². The first kappa shape index (κ1) is 53.4. The number of nitrogen functional groups attached to an aromatic ring is 2. The molecule has 1 aliphatic carbocycles. The fourth-order valence-electron chi connectivity index (χ4n) is 12.0. The fourth-order valence-corrected chi connectivity index (χ4v) is 12.0. The number of benzene rings is 4. The van der Waals surface area contributed by atoms with Gasteiger partial charge in [0.05, 0.1) is 0 Å². The molecule has 4 N–H and O–H groups in total. The Labute approximate surface area is 407 Å². The summed E-state index contributed by atoms with van der Waals surface area (Å²) in [5, 5.41) is 0. The fraction of sp³-hybridized carbons (Fsp3) is 0.625. The van der Waals surface area contributed by atoms with Gasteiger partial charge in [-0.25, -0.2) is 0 Å². The first-order valence-corrected chi connectivity index (χ1v) is 28.2. The van der Waals surface area contributed by atoms with Crippen molar-refractivity contribution in [1.82, 2.24) is 0 Å². The molecule has 0 heterocycles. The first-order valence-electron chi connectivity index (χ1n) is 28.2. The molecule has 5 rings (SSSR count). The molecule has 2 atom stereocenters. The van der Waals surface area contributed by atoms with Crippen molar-refractivity contribution in [3.05, 3.63) is 129 Å². The number of aryl methyl sites for hydroxylation is 2. The van der Waals surface area contributed by atoms with E-state index in [1.807, 2.05) is 0 Å². The quantitative estimate of drug-likeness (QED) is 0.0370. The van der Waals surface area contributed by atoms with Crippen molar-refractivity contribution >= 4 is 11.4 Å². The summed E-state index contributed by atoms with van der Waals surface area (Å²) in [6.45, 7) is 11.5. The van der Waals surface area contributed by atoms with Crippen LogP contribution in [0.15, 0.2) is 84.9 Å². The predicted octanol–water partition coefficient (Wildman–Crippen LogP) is 19.8. The molecular formula is C64H98N2. The van der Waals surface area contributed by atoms with Crippen molar-refractivity contribution in [3.8, 4) is 0 Å². The predicted molar refractivity (Wildman–Crippen MR) is 292 cm³/mol. The smallest absolute Gasteiger partial charge is 0.0316 e. The third-order valence-electron chi connectivity index (χ3n) is 16.2. The highest BCUT2D eigenvalue weighted by Crippen LogP contribution is 2.49. The summed E-state index contributed by atoms with van der Waals surface area (Å²) in [4.78, 5) is 0. The van der Waals surface area contributed by atoms with Crippen molar-refractivity contribution in [2.45, 2.75) is 251 Å². The zero-order valence-corrected chi connectivity index (χ0v) is 43.4. The molecule has 0 bridgehead atoms. The lowest BCUT2D eigenvalue weighted by atomic mass is 9.62. The average molecular weight is 896 g/mol. The van der Waals surface area contributed by atoms with Crippen LogP contribution < -0.4 is 11.5 Å². The number of hydrogen-bond donors (Lipinski definition) is 2. The molecule has 364 valence electrons. The van der Waals surface area contributed by atoms with Gasteiger partial charge in [-0.1, -0.05) is 242 Å². The highest BCUT2D eigenvalue weighted by atomic mass is 14.5. The van der Waals surface area contributed by atoms with Gasteiger partial charge in [-0.2, -0.15) is 0 Å². The minimum absolute atomic E-state index is 0.0449. The van der Waals surface area contributed by atoms with Crippen LogP contribution in [0.2, 0.25) is 0 Å². The topological polar surface area (TPSA) is 52.0 Å². The van der Waals surface area contributed by atoms with Gasteiger partial charge in [-0.15, -0.1) is 0 Å². The van der Waals surface area contributed by atoms with Crippen molar-refractivity contribution in [1.29, 1.82) is 0 Å². The van der Waals surface area contributed by atoms with Crippen LogP contribution in [0.5, 0.6) is 0 Å². The number of anilines is 2. The second-order valence-electron chi connectivity index (χ2n) is 21.4. The van der Waals surface area contributed by atoms with Crippen LogP contribution in [-0.2, 0) is 5.41 Å². The third-order valence-corrected chi connectivity index (χ3v) is 16.2. The van der Waals surface area contributed by atoms with E-state index >= 15 is 0 Å². The molecule has 0 aliphatic heterocycles. The molecule has 2 nitrogen and oxygen atoms in total. The largest absolute Gasteiger partial charge is 0.399 e. The number of hydrogen-bond acceptors (Lipinski definition) is 2. The monoisotopic (exact) mass is 895 g/mol. The highest BCUT2D eigenvalue weighted by molar-refractivity contribution is 5.51. The standard InChI is InChI=1S/C64H98N2/c1-6-9-12-15-17-19-21-23-25-28-31-62(60-43-41-58(65)49-51(60)4)54-33-37-56(38-34-54)64(47-45-53(46-48-64)30-27-14-11-8-3)57-39-35-55(36-40-57)63(61-44-42-59(66)50-52(61)5)32-29-26-24-22-20-18-16-13-10-7-2/h33-44,49-50,53,62-63H,6-32,45-48,65-66H2,1-5H3. The van der Waals surface area contributed by atoms with E-state index in [-0.39, 0.29) is 5.41 Å². The second-order valence-corrected chi connectivity index (χ2v) is 21.4. The van der Waals surface area contributed by atoms with Crippen LogP contribution in [0.4, 0.5) is 11.4 Å². The summed E-state index contributed by atoms with van der Waals surface area (Å²) in [7, 11) is 0. The molecule has 1 aliphatic rings. The van der Waals surface area contributed by atoms with E-state index in [1.165, 1.54) is 244 Å². The van der Waals surface area contributed by atoms with Crippen molar-refractivity contribution in [3.63, 3.8) is 0 Å². The molecule has 0 radical (unpaired) electrons. The maximum atomic E-state index is 6.31. The average Bonchev–Trinajstić information content (AvgIpc) is 3.32. The summed E-state index contributed by atoms with van der Waals surface area (Å²) in [5.74, 6) is 1.64. The molecule has 0 spiro atoms. The van der Waals surface area contributed by atoms with Gasteiger partial charge in [0.25, 0.3) is 0 Å². The molecule has 0 aromatic heterocycles. The second kappa shape index (κ2) is 30.1. The lowest BCUT2D eigenvalue weighted by Gasteiger charge is -2.42. The third kappa shape index (κ3) is 16.9. The minimum Gasteiger partial charge on any atom is -0.399 e. The number of unbranched alkanes of at least 4 members (excludes halogenated alkanes) is 21. The summed E-state index contributed by atoms with van der Waals surface area (Å²) < 4.78 is 0. The van der Waals surface area contributed by atoms with Crippen LogP contribution in [0.1, 0.15) is 276 Å². The van der Waals surface area contributed by atoms with Crippen LogP contribution in [0.3, 0.4) is 0 Å². The molecule has 4 aromatic carbocycles. The Morgan fingerprint density at radius 1 is 0.424 bits per heavy atom. The SMILES string of the molecule is CCCCCCCCCCCCC(c1ccc(C2(c3ccc(C(CCCCCCCCCCCC)c4ccc(N)cc4C)cc3)CCC(CCCCCC)CC2)cc1)c1ccc(N)cc1C. The lowest BCUT2D eigenvalue weighted by Crippen LogP contribution is -2.33. The van der Waals surface area contributed by atoms with Gasteiger partial charge < -0.3 is 11.5 Å². The summed E-state index contributed by atoms with van der Waals surface area (Å²) >= 11 is 0. The maximum absolute atomic E-state index is 6.31. The summed E-state index contributed by atoms with van der Waals surface area (Å²) in [6, 6.07) is 33.5. The zero-order valence-electron chi connectivity index (χ0n) is 43.4. The minimum atomic E-state index is 0.0449. The van der Waals surface area contributed by atoms with Crippen LogP contribution in [0, 0.1) is 19.8 Å². The van der Waals surface area contributed by atoms with E-state index in [0.717, 1.165) is 17.3 Å². The maximum Gasteiger partial charge on any atom is 0.0316 e. The van der Waals surface area contributed by atoms with Crippen molar-refractivity contribution < 1.29 is 0 Å². The highest BCUT2D eigenvalue weighted by Gasteiger charge is 2.38. The van der Waals surface area contributed by atoms with E-state index in [9.17, 15) is 0 Å². The summed E-state index contributed by atoms with van der Waals surface area (Å²) in [5.41, 5.74) is 25.9. The van der Waals surface area contributed by atoms with E-state index in [4.69, 9.17) is 11.5 Å². The molecule has 2 heteroatoms. The first-order chi connectivity index (χ1) is 32.3. The van der Waals surface area contributed by atoms with E-state index in [1.54, 1.807) is 0 Å². The lowest BCUT2D eigenvalue weighted by molar-refractivity contribution is 0.250. The van der Waals surface area contributed by atoms with Gasteiger partial charge in [0.15, 0.2) is 0 Å². The van der Waals surface area contributed by atoms with Crippen LogP contribution >= 0.6 is 0 Å². The van der Waals surface area contributed by atoms with Crippen molar-refractivity contribution in [2.24, 2.45) is 5.92 Å². The Bertz CT molecular complexity index is 1750. The Morgan fingerprint density at radius 3 is 1.11 bits per heavy atom. The molecule has 66 heavy (non-hydrogen) atoms. The van der Waals surface area contributed by atoms with E-state index < -0.39 is 0 Å². The number of nitrogens with two attached hydrogens (primary N) is 2. The Balaban J connectivity index is 1.35. The van der Waals surface area contributed by atoms with Crippen LogP contribution in [0.25, 0.3) is 0 Å². The summed E-state index contributed by atoms with van der Waals surface area (Å²) in [6.07, 6.45) is 41.8. The van der Waals surface area contributed by atoms with Gasteiger partial charge in [-0.3, -0.25) is 0 Å². The zero-order chi connectivity index (χ0) is 46.8. The number of rotatable bonds is 33. The van der Waals surface area contributed by atoms with Gasteiger partial charge in [0, 0.05) is 28.6 Å². The Morgan fingerprint density at radius 2 is 0.758 bits per heavy atom. The Hall–Kier alpha value is -3.52. The van der Waals surface area contributed by atoms with Gasteiger partial charge >= 0.3 is 0 Å². The molecule has 0 amide bonds. The van der Waals surface area contributed by atoms with Crippen molar-refractivity contribution in [2.75, 3.05) is 11.5 Å². The van der Waals surface area contributed by atoms with Gasteiger partial charge in [0.1, 0.15) is 0 Å². The molecular weight excluding hydrogens is 797 g/mol. The normalized spacial score (nSPS) is 17.3. The van der Waals surface area contributed by atoms with Crippen LogP contribution in [-0.4, -0.2) is 0 Å². The molecule has 1 saturated carbocycles. The van der Waals surface area contributed by atoms with Gasteiger partial charge in [0.2, 0.25) is 0 Å². The molecule has 0 saturated heterocycles. The molecule has 2 unspecified atom stereocenters. The van der Waals surface area contributed by atoms with E-state index in [2.05, 4.69) is 120 Å². The molecule has 4 aromatic rings. The molecule has 1 fully saturated rings. The Kier molecular flexibility index (Phi) is 24.3.